The minimum Gasteiger partial charge on any atom is -0.457 e. The molecule has 0 unspecified atom stereocenters. The summed E-state index contributed by atoms with van der Waals surface area (Å²) in [6, 6.07) is 34.3. The van der Waals surface area contributed by atoms with E-state index in [9.17, 15) is 51.3 Å². The van der Waals surface area contributed by atoms with Gasteiger partial charge in [-0.05, 0) is 122 Å². The minimum absolute atomic E-state index is 0.0142. The van der Waals surface area contributed by atoms with Crippen LogP contribution in [0, 0.1) is 6.92 Å². The van der Waals surface area contributed by atoms with Crippen LogP contribution in [0.3, 0.4) is 0 Å². The van der Waals surface area contributed by atoms with Crippen molar-refractivity contribution in [3.8, 4) is 22.6 Å². The molecule has 8 aromatic rings. The van der Waals surface area contributed by atoms with E-state index in [1.54, 1.807) is 24.3 Å². The monoisotopic (exact) mass is 1040 g/mol. The highest BCUT2D eigenvalue weighted by atomic mass is 32.2. The number of amides is 8. The standard InChI is InChI=1S/C54H30N4O12S.O3S/c1-26-3-12-31(13-4-26)70-32-14-9-29(10-15-32)57-51(63)38-23-21-36-45-37(22-24-39(46(38)45)52(57)64)50(62)56(49(36)61)28-7-5-27(6-8-28)33-16-11-30(25-42(33)71(67,68)69)58-53(65)40-19-17-34-43-35(48(60)55(2)47(34)59)18-20-41(44(40)43)54(58)66;1-4(2)3/h3-25H,1-2H3,(H,67,68,69);. The number of benzene rings is 8. The highest BCUT2D eigenvalue weighted by Gasteiger charge is 2.42. The minimum atomic E-state index is -5.06. The van der Waals surface area contributed by atoms with E-state index in [-0.39, 0.29) is 94.2 Å². The van der Waals surface area contributed by atoms with Gasteiger partial charge in [0.25, 0.3) is 57.4 Å². The van der Waals surface area contributed by atoms with Gasteiger partial charge in [0.2, 0.25) is 0 Å². The molecule has 75 heavy (non-hydrogen) atoms. The van der Waals surface area contributed by atoms with E-state index in [4.69, 9.17) is 17.4 Å². The molecule has 0 atom stereocenters. The molecule has 368 valence electrons. The molecule has 0 spiro atoms. The number of rotatable bonds is 7. The van der Waals surface area contributed by atoms with Crippen LogP contribution in [0.5, 0.6) is 11.5 Å². The van der Waals surface area contributed by atoms with Crippen molar-refractivity contribution < 1.29 is 68.7 Å². The van der Waals surface area contributed by atoms with Crippen LogP contribution in [0.25, 0.3) is 32.7 Å². The Labute approximate surface area is 424 Å². The summed E-state index contributed by atoms with van der Waals surface area (Å²) in [5.41, 5.74) is 1.93. The van der Waals surface area contributed by atoms with E-state index in [1.165, 1.54) is 92.0 Å². The summed E-state index contributed by atoms with van der Waals surface area (Å²) in [5.74, 6) is -4.67. The zero-order valence-electron chi connectivity index (χ0n) is 38.5. The molecule has 0 aromatic heterocycles. The number of hydrogen-bond donors (Lipinski definition) is 1. The van der Waals surface area contributed by atoms with Crippen LogP contribution < -0.4 is 19.4 Å². The second kappa shape index (κ2) is 17.2. The Hall–Kier alpha value is -9.83. The molecule has 1 N–H and O–H groups in total. The summed E-state index contributed by atoms with van der Waals surface area (Å²) in [4.78, 5) is 114. The maximum Gasteiger partial charge on any atom is 0.425 e. The largest absolute Gasteiger partial charge is 0.457 e. The molecule has 4 heterocycles. The van der Waals surface area contributed by atoms with Gasteiger partial charge in [-0.15, -0.1) is 12.6 Å². The van der Waals surface area contributed by atoms with E-state index in [1.807, 2.05) is 31.2 Å². The predicted octanol–water partition coefficient (Wildman–Crippen LogP) is 7.63. The van der Waals surface area contributed by atoms with E-state index < -0.39 is 72.9 Å². The molecule has 0 bridgehead atoms. The fraction of sp³-hybridized carbons (Fsp3) is 0.0370. The van der Waals surface area contributed by atoms with Gasteiger partial charge in [-0.1, -0.05) is 35.9 Å². The average molecular weight is 1040 g/mol. The third-order valence-corrected chi connectivity index (χ3v) is 14.2. The Balaban J connectivity index is 0.00000146. The number of aryl methyl sites for hydroxylation is 1. The van der Waals surface area contributed by atoms with Crippen molar-refractivity contribution in [1.82, 2.24) is 4.90 Å². The summed E-state index contributed by atoms with van der Waals surface area (Å²) >= 11 is 0. The first kappa shape index (κ1) is 47.5. The zero-order valence-corrected chi connectivity index (χ0v) is 40.2. The molecule has 4 aliphatic rings. The molecule has 0 aliphatic carbocycles. The van der Waals surface area contributed by atoms with Gasteiger partial charge in [-0.2, -0.15) is 8.42 Å². The van der Waals surface area contributed by atoms with Crippen molar-refractivity contribution in [2.24, 2.45) is 0 Å². The third kappa shape index (κ3) is 7.39. The number of carbonyl (C=O) groups is 8. The van der Waals surface area contributed by atoms with Crippen molar-refractivity contribution in [3.05, 3.63) is 190 Å². The first-order chi connectivity index (χ1) is 35.7. The van der Waals surface area contributed by atoms with Crippen LogP contribution in [-0.4, -0.2) is 84.8 Å². The fourth-order valence-corrected chi connectivity index (χ4v) is 10.6. The summed E-state index contributed by atoms with van der Waals surface area (Å²) in [5, 5.41) is 0.592. The van der Waals surface area contributed by atoms with Crippen molar-refractivity contribution in [2.75, 3.05) is 21.7 Å². The van der Waals surface area contributed by atoms with E-state index in [0.717, 1.165) is 31.2 Å². The van der Waals surface area contributed by atoms with Crippen LogP contribution in [0.1, 0.15) is 88.4 Å². The number of ether oxygens (including phenoxy) is 1. The molecule has 0 saturated heterocycles. The van der Waals surface area contributed by atoms with Gasteiger partial charge in [-0.25, -0.2) is 14.7 Å². The highest BCUT2D eigenvalue weighted by molar-refractivity contribution is 7.86. The molecule has 12 rings (SSSR count). The van der Waals surface area contributed by atoms with E-state index in [0.29, 0.717) is 11.5 Å². The molecule has 8 amide bonds. The first-order valence-electron chi connectivity index (χ1n) is 22.3. The molecule has 19 nitrogen and oxygen atoms in total. The maximum absolute atomic E-state index is 14.3. The van der Waals surface area contributed by atoms with Gasteiger partial charge in [0.05, 0.1) is 17.1 Å². The van der Waals surface area contributed by atoms with Gasteiger partial charge in [0, 0.05) is 78.7 Å². The fourth-order valence-electron chi connectivity index (χ4n) is 9.87. The van der Waals surface area contributed by atoms with Crippen molar-refractivity contribution in [3.63, 3.8) is 0 Å². The molecular formula is C54H30N4O15S2. The summed E-state index contributed by atoms with van der Waals surface area (Å²) in [6.07, 6.45) is 0. The smallest absolute Gasteiger partial charge is 0.425 e. The average Bonchev–Trinajstić information content (AvgIpc) is 3.40. The molecule has 0 saturated carbocycles. The number of anilines is 3. The Morgan fingerprint density at radius 3 is 1.03 bits per heavy atom. The SMILES string of the molecule is Cc1ccc(Oc2ccc(N3C(=O)c4ccc5c6c(ccc(c46)C3=O)C(=O)N(c3ccc(-c4ccc(N6C(=O)c7ccc8c9c(ccc(c79)C6=O)C(=O)N(C)C8=O)cc4S(=O)(=O)O)cc3)C5=O)cc2)cc1.O=S(=O)=O. The van der Waals surface area contributed by atoms with Gasteiger partial charge < -0.3 is 4.74 Å². The summed E-state index contributed by atoms with van der Waals surface area (Å²) in [6.45, 7) is 1.96. The lowest BCUT2D eigenvalue weighted by Gasteiger charge is -2.32. The van der Waals surface area contributed by atoms with Crippen LogP contribution in [0.4, 0.5) is 17.1 Å². The molecule has 0 fully saturated rings. The number of imide groups is 4. The van der Waals surface area contributed by atoms with Gasteiger partial charge in [0.15, 0.2) is 0 Å². The van der Waals surface area contributed by atoms with Gasteiger partial charge in [0.1, 0.15) is 16.4 Å². The lowest BCUT2D eigenvalue weighted by Crippen LogP contribution is -2.43. The molecular weight excluding hydrogens is 1010 g/mol. The van der Waals surface area contributed by atoms with E-state index >= 15 is 0 Å². The van der Waals surface area contributed by atoms with Crippen LogP contribution >= 0.6 is 0 Å². The Morgan fingerprint density at radius 2 is 0.680 bits per heavy atom. The quantitative estimate of drug-likeness (QED) is 0.119. The van der Waals surface area contributed by atoms with Crippen LogP contribution in [0.2, 0.25) is 0 Å². The number of nitrogens with zero attached hydrogens (tertiary/aromatic N) is 4. The zero-order chi connectivity index (χ0) is 53.1. The lowest BCUT2D eigenvalue weighted by atomic mass is 9.85. The lowest BCUT2D eigenvalue weighted by molar-refractivity contribution is 0.0647. The molecule has 21 heteroatoms. The molecule has 0 radical (unpaired) electrons. The topological polar surface area (TPSA) is 264 Å². The Morgan fingerprint density at radius 1 is 0.400 bits per heavy atom. The predicted molar refractivity (Wildman–Crippen MR) is 267 cm³/mol. The Bertz CT molecular complexity index is 4130. The van der Waals surface area contributed by atoms with Crippen molar-refractivity contribution in [2.45, 2.75) is 11.8 Å². The van der Waals surface area contributed by atoms with Crippen molar-refractivity contribution >= 4 is 107 Å². The number of hydrogen-bond acceptors (Lipinski definition) is 14. The highest BCUT2D eigenvalue weighted by Crippen LogP contribution is 2.43. The maximum atomic E-state index is 14.3. The first-order valence-corrected chi connectivity index (χ1v) is 24.7. The summed E-state index contributed by atoms with van der Waals surface area (Å²) < 4.78 is 67.8. The molecule has 8 aromatic carbocycles. The second-order valence-electron chi connectivity index (χ2n) is 17.5. The third-order valence-electron chi connectivity index (χ3n) is 13.3. The van der Waals surface area contributed by atoms with Gasteiger partial charge >= 0.3 is 10.6 Å². The van der Waals surface area contributed by atoms with Crippen molar-refractivity contribution in [1.29, 1.82) is 0 Å². The number of carbonyl (C=O) groups excluding carboxylic acids is 8. The molecule has 4 aliphatic heterocycles. The van der Waals surface area contributed by atoms with Gasteiger partial charge in [-0.3, -0.25) is 47.8 Å². The Kier molecular flexibility index (Phi) is 10.9. The van der Waals surface area contributed by atoms with Crippen LogP contribution in [0.15, 0.2) is 144 Å². The van der Waals surface area contributed by atoms with E-state index in [2.05, 4.69) is 0 Å². The van der Waals surface area contributed by atoms with Crippen LogP contribution in [-0.2, 0) is 20.7 Å². The summed E-state index contributed by atoms with van der Waals surface area (Å²) in [7, 11) is -6.84. The second-order valence-corrected chi connectivity index (χ2v) is 19.3. The normalized spacial score (nSPS) is 14.7.